The first-order chi connectivity index (χ1) is 15.2. The maximum absolute atomic E-state index is 12.3. The predicted octanol–water partition coefficient (Wildman–Crippen LogP) is 3.95. The number of fused-ring (bicyclic) bond motifs is 1. The summed E-state index contributed by atoms with van der Waals surface area (Å²) in [5, 5.41) is 4.90. The van der Waals surface area contributed by atoms with Crippen LogP contribution in [0.1, 0.15) is 16.7 Å². The molecule has 31 heavy (non-hydrogen) atoms. The molecule has 2 heterocycles. The van der Waals surface area contributed by atoms with Crippen molar-refractivity contribution in [2.75, 3.05) is 0 Å². The number of nitrogens with two attached hydrogens (primary N) is 1. The molecule has 2 N–H and O–H groups in total. The van der Waals surface area contributed by atoms with Crippen molar-refractivity contribution in [3.63, 3.8) is 0 Å². The van der Waals surface area contributed by atoms with Crippen molar-refractivity contribution in [1.29, 1.82) is 0 Å². The van der Waals surface area contributed by atoms with Gasteiger partial charge in [0.2, 0.25) is 5.91 Å². The van der Waals surface area contributed by atoms with Gasteiger partial charge in [0.05, 0.1) is 17.4 Å². The van der Waals surface area contributed by atoms with E-state index in [2.05, 4.69) is 35.4 Å². The smallest absolute Gasteiger partial charge is 0.235 e. The van der Waals surface area contributed by atoms with Crippen LogP contribution in [0.15, 0.2) is 91.1 Å². The fourth-order valence-corrected chi connectivity index (χ4v) is 4.32. The van der Waals surface area contributed by atoms with Crippen LogP contribution in [-0.4, -0.2) is 26.6 Å². The van der Waals surface area contributed by atoms with Gasteiger partial charge in [0.1, 0.15) is 0 Å². The molecule has 1 atom stereocenters. The third kappa shape index (κ3) is 3.88. The zero-order chi connectivity index (χ0) is 21.2. The number of aromatic nitrogens is 2. The number of hydrogen-bond donors (Lipinski definition) is 1. The standard InChI is InChI=1S/C26H24N4O/c27-26(31)24-15-20-11-7-8-12-21(20)16-29(24)17-22-18-30(23-13-5-2-6-14-23)28-25(22)19-9-3-1-4-10-19/h1-14,18,24H,15-17H2,(H2,27,31)/t24-/m0/s1. The molecule has 4 aromatic rings. The summed E-state index contributed by atoms with van der Waals surface area (Å²) in [4.78, 5) is 14.5. The number of primary amides is 1. The lowest BCUT2D eigenvalue weighted by molar-refractivity contribution is -0.124. The lowest BCUT2D eigenvalue weighted by Crippen LogP contribution is -2.48. The molecule has 0 unspecified atom stereocenters. The van der Waals surface area contributed by atoms with Crippen molar-refractivity contribution < 1.29 is 4.79 Å². The molecule has 1 aromatic heterocycles. The highest BCUT2D eigenvalue weighted by atomic mass is 16.1. The molecule has 1 aliphatic rings. The second-order valence-electron chi connectivity index (χ2n) is 7.95. The van der Waals surface area contributed by atoms with Gasteiger partial charge in [0, 0.05) is 30.4 Å². The largest absolute Gasteiger partial charge is 0.368 e. The predicted molar refractivity (Wildman–Crippen MR) is 121 cm³/mol. The Morgan fingerprint density at radius 2 is 1.55 bits per heavy atom. The Hall–Kier alpha value is -3.70. The molecule has 0 saturated carbocycles. The fourth-order valence-electron chi connectivity index (χ4n) is 4.32. The Labute approximate surface area is 181 Å². The monoisotopic (exact) mass is 408 g/mol. The molecule has 154 valence electrons. The third-order valence-electron chi connectivity index (χ3n) is 5.91. The van der Waals surface area contributed by atoms with Gasteiger partial charge in [-0.1, -0.05) is 72.8 Å². The molecule has 5 rings (SSSR count). The van der Waals surface area contributed by atoms with Gasteiger partial charge in [-0.25, -0.2) is 4.68 Å². The zero-order valence-corrected chi connectivity index (χ0v) is 17.2. The zero-order valence-electron chi connectivity index (χ0n) is 17.2. The Bertz CT molecular complexity index is 1200. The van der Waals surface area contributed by atoms with Gasteiger partial charge in [-0.3, -0.25) is 9.69 Å². The van der Waals surface area contributed by atoms with Crippen molar-refractivity contribution in [2.45, 2.75) is 25.6 Å². The minimum Gasteiger partial charge on any atom is -0.368 e. The third-order valence-corrected chi connectivity index (χ3v) is 5.91. The van der Waals surface area contributed by atoms with E-state index in [1.54, 1.807) is 0 Å². The van der Waals surface area contributed by atoms with E-state index < -0.39 is 0 Å². The normalized spacial score (nSPS) is 16.1. The Morgan fingerprint density at radius 3 is 2.26 bits per heavy atom. The highest BCUT2D eigenvalue weighted by Gasteiger charge is 2.31. The first kappa shape index (κ1) is 19.3. The summed E-state index contributed by atoms with van der Waals surface area (Å²) in [7, 11) is 0. The summed E-state index contributed by atoms with van der Waals surface area (Å²) in [5.41, 5.74) is 12.3. The second kappa shape index (κ2) is 8.20. The van der Waals surface area contributed by atoms with E-state index in [0.29, 0.717) is 19.5 Å². The van der Waals surface area contributed by atoms with Crippen LogP contribution in [0.25, 0.3) is 16.9 Å². The maximum Gasteiger partial charge on any atom is 0.235 e. The summed E-state index contributed by atoms with van der Waals surface area (Å²) in [5.74, 6) is -0.286. The van der Waals surface area contributed by atoms with Crippen molar-refractivity contribution in [3.8, 4) is 16.9 Å². The van der Waals surface area contributed by atoms with Gasteiger partial charge >= 0.3 is 0 Å². The molecule has 0 saturated heterocycles. The van der Waals surface area contributed by atoms with E-state index in [9.17, 15) is 4.79 Å². The van der Waals surface area contributed by atoms with E-state index in [0.717, 1.165) is 22.5 Å². The molecule has 3 aromatic carbocycles. The minimum atomic E-state index is -0.335. The maximum atomic E-state index is 12.3. The van der Waals surface area contributed by atoms with Gasteiger partial charge in [-0.2, -0.15) is 5.10 Å². The molecule has 5 heteroatoms. The summed E-state index contributed by atoms with van der Waals surface area (Å²) < 4.78 is 1.91. The number of nitrogens with zero attached hydrogens (tertiary/aromatic N) is 3. The summed E-state index contributed by atoms with van der Waals surface area (Å²) in [6.07, 6.45) is 2.70. The van der Waals surface area contributed by atoms with Crippen LogP contribution >= 0.6 is 0 Å². The first-order valence-electron chi connectivity index (χ1n) is 10.5. The number of hydrogen-bond acceptors (Lipinski definition) is 3. The minimum absolute atomic E-state index is 0.286. The summed E-state index contributed by atoms with van der Waals surface area (Å²) in [6.45, 7) is 1.29. The van der Waals surface area contributed by atoms with Crippen LogP contribution < -0.4 is 5.73 Å². The van der Waals surface area contributed by atoms with Crippen LogP contribution in [0.4, 0.5) is 0 Å². The molecular formula is C26H24N4O. The van der Waals surface area contributed by atoms with Gasteiger partial charge in [0.15, 0.2) is 0 Å². The summed E-state index contributed by atoms with van der Waals surface area (Å²) >= 11 is 0. The van der Waals surface area contributed by atoms with Gasteiger partial charge in [0.25, 0.3) is 0 Å². The average Bonchev–Trinajstić information content (AvgIpc) is 3.23. The van der Waals surface area contributed by atoms with Crippen molar-refractivity contribution >= 4 is 5.91 Å². The van der Waals surface area contributed by atoms with Crippen LogP contribution in [0.5, 0.6) is 0 Å². The molecule has 0 bridgehead atoms. The molecule has 1 aliphatic heterocycles. The molecule has 0 aliphatic carbocycles. The number of rotatable bonds is 5. The number of amides is 1. The molecule has 1 amide bonds. The Morgan fingerprint density at radius 1 is 0.903 bits per heavy atom. The fraction of sp³-hybridized carbons (Fsp3) is 0.154. The molecule has 0 spiro atoms. The molecular weight excluding hydrogens is 384 g/mol. The van der Waals surface area contributed by atoms with Crippen LogP contribution in [-0.2, 0) is 24.3 Å². The number of benzene rings is 3. The second-order valence-corrected chi connectivity index (χ2v) is 7.95. The lowest BCUT2D eigenvalue weighted by Gasteiger charge is -2.35. The highest BCUT2D eigenvalue weighted by Crippen LogP contribution is 2.29. The molecule has 0 radical (unpaired) electrons. The summed E-state index contributed by atoms with van der Waals surface area (Å²) in [6, 6.07) is 28.2. The first-order valence-corrected chi connectivity index (χ1v) is 10.5. The van der Waals surface area contributed by atoms with E-state index >= 15 is 0 Å². The van der Waals surface area contributed by atoms with Gasteiger partial charge < -0.3 is 5.73 Å². The number of carbonyl (C=O) groups is 1. The highest BCUT2D eigenvalue weighted by molar-refractivity contribution is 5.80. The van der Waals surface area contributed by atoms with Crippen LogP contribution in [0.2, 0.25) is 0 Å². The lowest BCUT2D eigenvalue weighted by atomic mass is 9.93. The molecule has 5 nitrogen and oxygen atoms in total. The van der Waals surface area contributed by atoms with Crippen molar-refractivity contribution in [3.05, 3.63) is 108 Å². The Balaban J connectivity index is 1.54. The number of carbonyl (C=O) groups excluding carboxylic acids is 1. The van der Waals surface area contributed by atoms with E-state index in [4.69, 9.17) is 10.8 Å². The van der Waals surface area contributed by atoms with E-state index in [1.807, 2.05) is 65.3 Å². The van der Waals surface area contributed by atoms with Crippen LogP contribution in [0.3, 0.4) is 0 Å². The quantitative estimate of drug-likeness (QED) is 0.544. The van der Waals surface area contributed by atoms with Crippen molar-refractivity contribution in [1.82, 2.24) is 14.7 Å². The SMILES string of the molecule is NC(=O)[C@@H]1Cc2ccccc2CN1Cc1cn(-c2ccccc2)nc1-c1ccccc1. The van der Waals surface area contributed by atoms with Crippen LogP contribution in [0, 0.1) is 0 Å². The topological polar surface area (TPSA) is 64.2 Å². The Kier molecular flexibility index (Phi) is 5.10. The van der Waals surface area contributed by atoms with Gasteiger partial charge in [-0.15, -0.1) is 0 Å². The number of para-hydroxylation sites is 1. The molecule has 0 fully saturated rings. The average molecular weight is 409 g/mol. The van der Waals surface area contributed by atoms with E-state index in [-0.39, 0.29) is 11.9 Å². The van der Waals surface area contributed by atoms with Crippen molar-refractivity contribution in [2.24, 2.45) is 5.73 Å². The van der Waals surface area contributed by atoms with E-state index in [1.165, 1.54) is 11.1 Å². The van der Waals surface area contributed by atoms with Gasteiger partial charge in [-0.05, 0) is 29.7 Å².